The Hall–Kier alpha value is -2.32. The van der Waals surface area contributed by atoms with Crippen molar-refractivity contribution in [2.75, 3.05) is 0 Å². The molecule has 112 valence electrons. The Morgan fingerprint density at radius 1 is 0.864 bits per heavy atom. The molecule has 0 bridgehead atoms. The molecule has 0 amide bonds. The summed E-state index contributed by atoms with van der Waals surface area (Å²) in [6.45, 7) is 0. The summed E-state index contributed by atoms with van der Waals surface area (Å²) in [6.07, 6.45) is 5.01. The summed E-state index contributed by atoms with van der Waals surface area (Å²) in [7, 11) is 0. The lowest BCUT2D eigenvalue weighted by atomic mass is 9.82. The Morgan fingerprint density at radius 3 is 2.09 bits per heavy atom. The molecule has 22 heavy (non-hydrogen) atoms. The van der Waals surface area contributed by atoms with Gasteiger partial charge in [-0.05, 0) is 35.3 Å². The molecule has 0 aromatic heterocycles. The van der Waals surface area contributed by atoms with Gasteiger partial charge in [-0.1, -0.05) is 60.7 Å². The van der Waals surface area contributed by atoms with Gasteiger partial charge in [0.15, 0.2) is 0 Å². The molecule has 2 aromatic carbocycles. The average Bonchev–Trinajstić information content (AvgIpc) is 2.53. The van der Waals surface area contributed by atoms with E-state index in [1.807, 2.05) is 60.7 Å². The van der Waals surface area contributed by atoms with Crippen LogP contribution in [0.3, 0.4) is 0 Å². The van der Waals surface area contributed by atoms with Crippen molar-refractivity contribution >= 4 is 0 Å². The smallest absolute Gasteiger partial charge is 0.115 e. The van der Waals surface area contributed by atoms with Crippen molar-refractivity contribution < 1.29 is 10.2 Å². The molecule has 3 rings (SSSR count). The fourth-order valence-electron chi connectivity index (χ4n) is 2.94. The van der Waals surface area contributed by atoms with Crippen LogP contribution in [-0.2, 0) is 12.8 Å². The highest BCUT2D eigenvalue weighted by Crippen LogP contribution is 2.31. The Morgan fingerprint density at radius 2 is 1.45 bits per heavy atom. The zero-order chi connectivity index (χ0) is 15.4. The van der Waals surface area contributed by atoms with Crippen LogP contribution in [-0.4, -0.2) is 15.8 Å². The van der Waals surface area contributed by atoms with E-state index in [2.05, 4.69) is 0 Å². The molecule has 2 heteroatoms. The highest BCUT2D eigenvalue weighted by Gasteiger charge is 2.29. The van der Waals surface area contributed by atoms with Crippen LogP contribution in [0.1, 0.15) is 17.5 Å². The van der Waals surface area contributed by atoms with Crippen LogP contribution in [0.2, 0.25) is 0 Å². The van der Waals surface area contributed by atoms with Gasteiger partial charge >= 0.3 is 0 Å². The molecular weight excluding hydrogens is 272 g/mol. The number of benzene rings is 2. The van der Waals surface area contributed by atoms with Crippen molar-refractivity contribution in [1.29, 1.82) is 0 Å². The fourth-order valence-corrected chi connectivity index (χ4v) is 2.94. The lowest BCUT2D eigenvalue weighted by Gasteiger charge is -2.29. The largest absolute Gasteiger partial charge is 0.508 e. The van der Waals surface area contributed by atoms with Crippen LogP contribution < -0.4 is 0 Å². The van der Waals surface area contributed by atoms with E-state index < -0.39 is 5.60 Å². The third-order valence-electron chi connectivity index (χ3n) is 4.05. The number of rotatable bonds is 4. The van der Waals surface area contributed by atoms with Crippen LogP contribution in [0.15, 0.2) is 84.1 Å². The summed E-state index contributed by atoms with van der Waals surface area (Å²) < 4.78 is 0. The predicted octanol–water partition coefficient (Wildman–Crippen LogP) is 3.97. The second-order valence-electron chi connectivity index (χ2n) is 5.93. The van der Waals surface area contributed by atoms with Gasteiger partial charge in [-0.15, -0.1) is 0 Å². The van der Waals surface area contributed by atoms with Crippen LogP contribution in [0.25, 0.3) is 0 Å². The molecule has 0 radical (unpaired) electrons. The number of hydrogen-bond acceptors (Lipinski definition) is 2. The Bertz CT molecular complexity index is 686. The molecule has 0 saturated carbocycles. The molecule has 1 aliphatic rings. The van der Waals surface area contributed by atoms with Gasteiger partial charge in [0.25, 0.3) is 0 Å². The maximum Gasteiger partial charge on any atom is 0.115 e. The predicted molar refractivity (Wildman–Crippen MR) is 88.7 cm³/mol. The standard InChI is InChI=1S/C20H20O2/c21-19-11-12-20(22,14-17-9-5-2-6-10-17)15-18(19)13-16-7-3-1-4-8-16/h1-12,21-22H,13-15H2. The first-order valence-corrected chi connectivity index (χ1v) is 7.55. The molecule has 2 nitrogen and oxygen atoms in total. The summed E-state index contributed by atoms with van der Waals surface area (Å²) in [5.74, 6) is 0.279. The Balaban J connectivity index is 1.77. The Kier molecular flexibility index (Phi) is 4.12. The van der Waals surface area contributed by atoms with Gasteiger partial charge in [0.05, 0.1) is 5.60 Å². The van der Waals surface area contributed by atoms with Gasteiger partial charge in [-0.25, -0.2) is 0 Å². The molecule has 0 spiro atoms. The van der Waals surface area contributed by atoms with Crippen molar-refractivity contribution in [1.82, 2.24) is 0 Å². The summed E-state index contributed by atoms with van der Waals surface area (Å²) in [6, 6.07) is 20.0. The summed E-state index contributed by atoms with van der Waals surface area (Å²) in [4.78, 5) is 0. The van der Waals surface area contributed by atoms with Crippen molar-refractivity contribution in [2.24, 2.45) is 0 Å². The van der Waals surface area contributed by atoms with E-state index in [4.69, 9.17) is 0 Å². The number of aliphatic hydroxyl groups is 2. The average molecular weight is 292 g/mol. The van der Waals surface area contributed by atoms with Crippen LogP contribution in [0, 0.1) is 0 Å². The van der Waals surface area contributed by atoms with Crippen LogP contribution in [0.5, 0.6) is 0 Å². The van der Waals surface area contributed by atoms with Gasteiger partial charge in [0.1, 0.15) is 5.76 Å². The summed E-state index contributed by atoms with van der Waals surface area (Å²) in [5.41, 5.74) is 2.18. The maximum atomic E-state index is 10.9. The highest BCUT2D eigenvalue weighted by atomic mass is 16.3. The van der Waals surface area contributed by atoms with E-state index in [0.717, 1.165) is 16.7 Å². The maximum absolute atomic E-state index is 10.9. The highest BCUT2D eigenvalue weighted by molar-refractivity contribution is 5.35. The Labute approximate surface area is 131 Å². The fraction of sp³-hybridized carbons (Fsp3) is 0.200. The van der Waals surface area contributed by atoms with E-state index in [0.29, 0.717) is 19.3 Å². The topological polar surface area (TPSA) is 40.5 Å². The molecule has 0 aliphatic heterocycles. The van der Waals surface area contributed by atoms with E-state index in [1.54, 1.807) is 12.2 Å². The second kappa shape index (κ2) is 6.20. The monoisotopic (exact) mass is 292 g/mol. The third kappa shape index (κ3) is 3.46. The molecule has 1 unspecified atom stereocenters. The minimum atomic E-state index is -0.933. The zero-order valence-electron chi connectivity index (χ0n) is 12.4. The molecule has 2 aromatic rings. The zero-order valence-corrected chi connectivity index (χ0v) is 12.4. The van der Waals surface area contributed by atoms with Crippen LogP contribution >= 0.6 is 0 Å². The van der Waals surface area contributed by atoms with E-state index >= 15 is 0 Å². The minimum Gasteiger partial charge on any atom is -0.508 e. The van der Waals surface area contributed by atoms with Gasteiger partial charge in [0.2, 0.25) is 0 Å². The SMILES string of the molecule is OC1=C(Cc2ccccc2)CC(O)(Cc2ccccc2)C=C1. The summed E-state index contributed by atoms with van der Waals surface area (Å²) >= 11 is 0. The molecular formula is C20H20O2. The van der Waals surface area contributed by atoms with Crippen molar-refractivity contribution in [3.05, 3.63) is 95.3 Å². The van der Waals surface area contributed by atoms with E-state index in [9.17, 15) is 10.2 Å². The van der Waals surface area contributed by atoms with Gasteiger partial charge in [-0.3, -0.25) is 0 Å². The van der Waals surface area contributed by atoms with Crippen molar-refractivity contribution in [3.63, 3.8) is 0 Å². The van der Waals surface area contributed by atoms with Gasteiger partial charge < -0.3 is 10.2 Å². The number of hydrogen-bond donors (Lipinski definition) is 2. The van der Waals surface area contributed by atoms with E-state index in [-0.39, 0.29) is 5.76 Å². The number of aliphatic hydroxyl groups excluding tert-OH is 1. The van der Waals surface area contributed by atoms with Crippen molar-refractivity contribution in [2.45, 2.75) is 24.9 Å². The van der Waals surface area contributed by atoms with Gasteiger partial charge in [-0.2, -0.15) is 0 Å². The first kappa shape index (κ1) is 14.6. The molecule has 1 atom stereocenters. The lowest BCUT2D eigenvalue weighted by molar-refractivity contribution is 0.0869. The molecule has 0 fully saturated rings. The normalized spacial score (nSPS) is 21.1. The van der Waals surface area contributed by atoms with Gasteiger partial charge in [0, 0.05) is 12.8 Å². The minimum absolute atomic E-state index is 0.279. The number of allylic oxidation sites excluding steroid dienone is 1. The molecule has 0 saturated heterocycles. The van der Waals surface area contributed by atoms with Crippen LogP contribution in [0.4, 0.5) is 0 Å². The first-order valence-electron chi connectivity index (χ1n) is 7.55. The van der Waals surface area contributed by atoms with E-state index in [1.165, 1.54) is 0 Å². The molecule has 0 heterocycles. The summed E-state index contributed by atoms with van der Waals surface area (Å²) in [5, 5.41) is 21.0. The lowest BCUT2D eigenvalue weighted by Crippen LogP contribution is -2.32. The molecule has 1 aliphatic carbocycles. The first-order chi connectivity index (χ1) is 10.6. The molecule has 2 N–H and O–H groups in total. The second-order valence-corrected chi connectivity index (χ2v) is 5.93. The van der Waals surface area contributed by atoms with Crippen molar-refractivity contribution in [3.8, 4) is 0 Å². The quantitative estimate of drug-likeness (QED) is 0.895. The third-order valence-corrected chi connectivity index (χ3v) is 4.05.